The number of benzene rings is 1. The average Bonchev–Trinajstić information content (AvgIpc) is 2.81. The summed E-state index contributed by atoms with van der Waals surface area (Å²) >= 11 is 0. The molecule has 0 saturated heterocycles. The Labute approximate surface area is 133 Å². The van der Waals surface area contributed by atoms with Gasteiger partial charge in [0.05, 0.1) is 24.8 Å². The lowest BCUT2D eigenvalue weighted by Gasteiger charge is -2.08. The van der Waals surface area contributed by atoms with E-state index in [9.17, 15) is 22.8 Å². The number of ether oxygens (including phenoxy) is 2. The first kappa shape index (κ1) is 17.4. The number of H-pyrrole nitrogens is 1. The van der Waals surface area contributed by atoms with Gasteiger partial charge in [0.2, 0.25) is 0 Å². The molecule has 9 heteroatoms. The molecule has 1 heterocycles. The highest BCUT2D eigenvalue weighted by Gasteiger charge is 2.41. The Morgan fingerprint density at radius 1 is 1.25 bits per heavy atom. The fraction of sp³-hybridized carbons (Fsp3) is 0.200. The van der Waals surface area contributed by atoms with Crippen molar-refractivity contribution in [2.24, 2.45) is 0 Å². The number of carbonyl (C=O) groups excluding carboxylic acids is 1. The lowest BCUT2D eigenvalue weighted by Crippen LogP contribution is -2.42. The maximum Gasteiger partial charge on any atom is 0.424 e. The Morgan fingerprint density at radius 2 is 1.88 bits per heavy atom. The summed E-state index contributed by atoms with van der Waals surface area (Å²) in [5, 5.41) is 1.15. The minimum Gasteiger partial charge on any atom is -0.494 e. The van der Waals surface area contributed by atoms with Crippen molar-refractivity contribution < 1.29 is 27.4 Å². The largest absolute Gasteiger partial charge is 0.494 e. The van der Waals surface area contributed by atoms with Gasteiger partial charge in [-0.15, -0.1) is 0 Å². The van der Waals surface area contributed by atoms with Crippen LogP contribution in [-0.2, 0) is 9.53 Å². The van der Waals surface area contributed by atoms with Crippen molar-refractivity contribution in [3.05, 3.63) is 45.2 Å². The lowest BCUT2D eigenvalue weighted by atomic mass is 10.2. The fourth-order valence-corrected chi connectivity index (χ4v) is 2.19. The van der Waals surface area contributed by atoms with Gasteiger partial charge < -0.3 is 9.47 Å². The van der Waals surface area contributed by atoms with E-state index in [2.05, 4.69) is 16.4 Å². The van der Waals surface area contributed by atoms with Crippen molar-refractivity contribution in [3.63, 3.8) is 0 Å². The molecular weight excluding hydrogens is 329 g/mol. The van der Waals surface area contributed by atoms with Gasteiger partial charge in [-0.05, 0) is 12.1 Å². The molecule has 24 heavy (non-hydrogen) atoms. The average molecular weight is 342 g/mol. The highest BCUT2D eigenvalue weighted by molar-refractivity contribution is 6.11. The van der Waals surface area contributed by atoms with Gasteiger partial charge in [0.25, 0.3) is 5.56 Å². The van der Waals surface area contributed by atoms with E-state index in [1.165, 1.54) is 19.2 Å². The highest BCUT2D eigenvalue weighted by Crippen LogP contribution is 2.26. The molecule has 0 aliphatic carbocycles. The molecular formula is C15H13F3N2O4. The number of para-hydroxylation sites is 2. The summed E-state index contributed by atoms with van der Waals surface area (Å²) in [6, 6.07) is 6.19. The first-order valence-electron chi connectivity index (χ1n) is 6.55. The van der Waals surface area contributed by atoms with Crippen molar-refractivity contribution >= 4 is 18.1 Å². The third-order valence-corrected chi connectivity index (χ3v) is 3.21. The number of aromatic amines is 1. The summed E-state index contributed by atoms with van der Waals surface area (Å²) in [5.74, 6) is -1.42. The molecule has 0 amide bonds. The standard InChI is InChI=1S/C15H13F3N2O4/c1-8-11(12(14(22)24-3)15(16,17)18)13(21)20(19-8)9-6-4-5-7-10(9)23-2/h4-7,19H,1H2,2-3H3. The van der Waals surface area contributed by atoms with E-state index >= 15 is 0 Å². The second-order valence-electron chi connectivity index (χ2n) is 4.64. The van der Waals surface area contributed by atoms with Crippen LogP contribution in [-0.4, -0.2) is 36.1 Å². The van der Waals surface area contributed by atoms with Crippen molar-refractivity contribution in [3.8, 4) is 11.4 Å². The minimum absolute atomic E-state index is 0.174. The Kier molecular flexibility index (Phi) is 4.54. The number of nitrogens with zero attached hydrogens (tertiary/aromatic N) is 1. The summed E-state index contributed by atoms with van der Waals surface area (Å²) in [6.45, 7) is 3.39. The monoisotopic (exact) mass is 342 g/mol. The molecule has 0 bridgehead atoms. The predicted molar refractivity (Wildman–Crippen MR) is 79.2 cm³/mol. The minimum atomic E-state index is -5.08. The maximum absolute atomic E-state index is 13.2. The molecule has 0 aliphatic heterocycles. The van der Waals surface area contributed by atoms with Crippen LogP contribution >= 0.6 is 0 Å². The van der Waals surface area contributed by atoms with Crippen LogP contribution in [0.5, 0.6) is 5.75 Å². The second kappa shape index (κ2) is 6.26. The van der Waals surface area contributed by atoms with Gasteiger partial charge >= 0.3 is 12.1 Å². The van der Waals surface area contributed by atoms with Crippen molar-refractivity contribution in [1.29, 1.82) is 0 Å². The quantitative estimate of drug-likeness (QED) is 0.823. The zero-order chi connectivity index (χ0) is 18.1. The van der Waals surface area contributed by atoms with Gasteiger partial charge in [-0.1, -0.05) is 18.7 Å². The first-order valence-corrected chi connectivity index (χ1v) is 6.55. The normalized spacial score (nSPS) is 12.7. The lowest BCUT2D eigenvalue weighted by molar-refractivity contribution is -0.140. The van der Waals surface area contributed by atoms with Gasteiger partial charge in [-0.3, -0.25) is 9.89 Å². The number of carbonyl (C=O) groups is 1. The molecule has 0 spiro atoms. The third kappa shape index (κ3) is 2.92. The van der Waals surface area contributed by atoms with Crippen molar-refractivity contribution in [1.82, 2.24) is 9.78 Å². The number of aromatic nitrogens is 2. The number of nitrogens with one attached hydrogen (secondary N) is 1. The first-order chi connectivity index (χ1) is 11.2. The molecule has 1 aromatic carbocycles. The van der Waals surface area contributed by atoms with Crippen LogP contribution in [0.15, 0.2) is 29.1 Å². The molecule has 0 atom stereocenters. The van der Waals surface area contributed by atoms with E-state index in [0.29, 0.717) is 0 Å². The van der Waals surface area contributed by atoms with Crippen LogP contribution in [0.25, 0.3) is 17.8 Å². The van der Waals surface area contributed by atoms with Crippen molar-refractivity contribution in [2.45, 2.75) is 6.18 Å². The van der Waals surface area contributed by atoms with Gasteiger partial charge in [-0.25, -0.2) is 9.48 Å². The smallest absolute Gasteiger partial charge is 0.424 e. The molecule has 0 saturated carbocycles. The summed E-state index contributed by atoms with van der Waals surface area (Å²) in [7, 11) is 2.14. The Morgan fingerprint density at radius 3 is 2.42 bits per heavy atom. The SMILES string of the molecule is C=c1[nH]n(-c2ccccc2OC)c(=O)c1=C(C(=O)OC)C(F)(F)F. The number of rotatable bonds is 3. The van der Waals surface area contributed by atoms with E-state index < -0.39 is 28.5 Å². The zero-order valence-electron chi connectivity index (χ0n) is 12.7. The van der Waals surface area contributed by atoms with Gasteiger partial charge in [-0.2, -0.15) is 13.2 Å². The summed E-state index contributed by atoms with van der Waals surface area (Å²) in [5.41, 5.74) is -2.64. The maximum atomic E-state index is 13.2. The number of alkyl halides is 3. The Bertz CT molecular complexity index is 941. The molecule has 0 radical (unpaired) electrons. The molecule has 2 rings (SSSR count). The van der Waals surface area contributed by atoms with E-state index in [4.69, 9.17) is 4.74 Å². The molecule has 6 nitrogen and oxygen atoms in total. The van der Waals surface area contributed by atoms with E-state index in [1.54, 1.807) is 12.1 Å². The molecule has 1 N–H and O–H groups in total. The predicted octanol–water partition coefficient (Wildman–Crippen LogP) is 0.470. The van der Waals surface area contributed by atoms with Crippen LogP contribution in [0.1, 0.15) is 0 Å². The number of halogens is 3. The van der Waals surface area contributed by atoms with Crippen LogP contribution in [0.2, 0.25) is 0 Å². The molecule has 128 valence electrons. The Hall–Kier alpha value is -2.97. The van der Waals surface area contributed by atoms with E-state index in [0.717, 1.165) is 11.8 Å². The number of hydrogen-bond donors (Lipinski definition) is 1. The third-order valence-electron chi connectivity index (χ3n) is 3.21. The summed E-state index contributed by atoms with van der Waals surface area (Å²) in [6.07, 6.45) is -5.08. The summed E-state index contributed by atoms with van der Waals surface area (Å²) in [4.78, 5) is 24.0. The number of methoxy groups -OCH3 is 2. The highest BCUT2D eigenvalue weighted by atomic mass is 19.4. The van der Waals surface area contributed by atoms with Gasteiger partial charge in [0.15, 0.2) is 5.57 Å². The fourth-order valence-electron chi connectivity index (χ4n) is 2.19. The molecule has 2 aromatic rings. The molecule has 0 aliphatic rings. The zero-order valence-corrected chi connectivity index (χ0v) is 12.7. The second-order valence-corrected chi connectivity index (χ2v) is 4.64. The topological polar surface area (TPSA) is 73.3 Å². The number of hydrogen-bond acceptors (Lipinski definition) is 4. The van der Waals surface area contributed by atoms with E-state index in [-0.39, 0.29) is 16.8 Å². The Balaban J connectivity index is 2.93. The van der Waals surface area contributed by atoms with Crippen LogP contribution in [0.3, 0.4) is 0 Å². The summed E-state index contributed by atoms with van der Waals surface area (Å²) < 4.78 is 49.7. The van der Waals surface area contributed by atoms with Crippen molar-refractivity contribution in [2.75, 3.05) is 14.2 Å². The van der Waals surface area contributed by atoms with Crippen LogP contribution < -0.4 is 20.9 Å². The van der Waals surface area contributed by atoms with E-state index in [1.807, 2.05) is 0 Å². The number of esters is 1. The van der Waals surface area contributed by atoms with Gasteiger partial charge in [0, 0.05) is 0 Å². The van der Waals surface area contributed by atoms with Crippen LogP contribution in [0, 0.1) is 0 Å². The van der Waals surface area contributed by atoms with Crippen LogP contribution in [0.4, 0.5) is 13.2 Å². The molecule has 0 unspecified atom stereocenters. The molecule has 0 fully saturated rings. The molecule has 1 aromatic heterocycles. The van der Waals surface area contributed by atoms with Gasteiger partial charge in [0.1, 0.15) is 11.4 Å².